The average Bonchev–Trinajstić information content (AvgIpc) is 3.28. The van der Waals surface area contributed by atoms with Crippen molar-refractivity contribution in [1.82, 2.24) is 4.57 Å². The van der Waals surface area contributed by atoms with E-state index in [0.29, 0.717) is 36.2 Å². The summed E-state index contributed by atoms with van der Waals surface area (Å²) in [5, 5.41) is 23.1. The van der Waals surface area contributed by atoms with Crippen LogP contribution in [0.4, 0.5) is 10.1 Å². The van der Waals surface area contributed by atoms with Gasteiger partial charge in [-0.05, 0) is 53.4 Å². The molecule has 2 unspecified atom stereocenters. The van der Waals surface area contributed by atoms with Gasteiger partial charge in [0.15, 0.2) is 0 Å². The van der Waals surface area contributed by atoms with Gasteiger partial charge in [0.1, 0.15) is 17.7 Å². The van der Waals surface area contributed by atoms with Crippen LogP contribution in [0.2, 0.25) is 0 Å². The number of phenols is 1. The molecule has 3 aromatic carbocycles. The third-order valence-electron chi connectivity index (χ3n) is 7.27. The van der Waals surface area contributed by atoms with Gasteiger partial charge >= 0.3 is 5.97 Å². The Hall–Kier alpha value is -4.43. The SMILES string of the molecule is CC(C)c1c(C(=O)Nc2cccc(O)c2)c(-c2ccccc2)c(-c2ccc(F)cc2)n1CCC1CC(O)CC(=O)O1. The maximum absolute atomic E-state index is 14.1. The van der Waals surface area contributed by atoms with E-state index in [1.54, 1.807) is 24.3 Å². The molecule has 41 heavy (non-hydrogen) atoms. The predicted octanol–water partition coefficient (Wildman–Crippen LogP) is 6.50. The minimum Gasteiger partial charge on any atom is -0.508 e. The van der Waals surface area contributed by atoms with Gasteiger partial charge in [-0.1, -0.05) is 50.2 Å². The maximum Gasteiger partial charge on any atom is 0.308 e. The van der Waals surface area contributed by atoms with Crippen molar-refractivity contribution in [2.75, 3.05) is 5.32 Å². The van der Waals surface area contributed by atoms with Crippen LogP contribution in [0.15, 0.2) is 78.9 Å². The Morgan fingerprint density at radius 2 is 1.78 bits per heavy atom. The number of benzene rings is 3. The molecule has 212 valence electrons. The zero-order chi connectivity index (χ0) is 29.1. The highest BCUT2D eigenvalue weighted by molar-refractivity contribution is 6.12. The molecule has 0 saturated carbocycles. The molecule has 1 aromatic heterocycles. The Morgan fingerprint density at radius 3 is 2.44 bits per heavy atom. The lowest BCUT2D eigenvalue weighted by Gasteiger charge is -2.27. The van der Waals surface area contributed by atoms with E-state index in [9.17, 15) is 24.2 Å². The second-order valence-electron chi connectivity index (χ2n) is 10.7. The molecule has 1 saturated heterocycles. The lowest BCUT2D eigenvalue weighted by molar-refractivity contribution is -0.160. The lowest BCUT2D eigenvalue weighted by atomic mass is 9.94. The fraction of sp³-hybridized carbons (Fsp3) is 0.273. The summed E-state index contributed by atoms with van der Waals surface area (Å²) in [5.74, 6) is -1.22. The van der Waals surface area contributed by atoms with E-state index in [0.717, 1.165) is 22.5 Å². The summed E-state index contributed by atoms with van der Waals surface area (Å²) in [6.07, 6.45) is -0.482. The number of carbonyl (C=O) groups excluding carboxylic acids is 2. The zero-order valence-corrected chi connectivity index (χ0v) is 23.0. The molecule has 1 aliphatic rings. The first-order valence-electron chi connectivity index (χ1n) is 13.8. The molecule has 4 aromatic rings. The monoisotopic (exact) mass is 556 g/mol. The number of aliphatic hydroxyl groups excluding tert-OH is 1. The molecule has 2 atom stereocenters. The number of amides is 1. The number of nitrogens with zero attached hydrogens (tertiary/aromatic N) is 1. The number of aromatic nitrogens is 1. The number of hydrogen-bond donors (Lipinski definition) is 3. The molecule has 1 aliphatic heterocycles. The summed E-state index contributed by atoms with van der Waals surface area (Å²) < 4.78 is 21.6. The number of anilines is 1. The van der Waals surface area contributed by atoms with Crippen molar-refractivity contribution < 1.29 is 28.9 Å². The molecule has 7 nitrogen and oxygen atoms in total. The molecule has 0 radical (unpaired) electrons. The highest BCUT2D eigenvalue weighted by Crippen LogP contribution is 2.43. The van der Waals surface area contributed by atoms with Crippen LogP contribution in [0.3, 0.4) is 0 Å². The molecular formula is C33H33FN2O5. The van der Waals surface area contributed by atoms with Crippen LogP contribution < -0.4 is 5.32 Å². The van der Waals surface area contributed by atoms with Crippen LogP contribution in [0.25, 0.3) is 22.4 Å². The largest absolute Gasteiger partial charge is 0.508 e. The van der Waals surface area contributed by atoms with Gasteiger partial charge in [0.25, 0.3) is 5.91 Å². The van der Waals surface area contributed by atoms with Crippen molar-refractivity contribution in [2.24, 2.45) is 0 Å². The first-order chi connectivity index (χ1) is 19.7. The van der Waals surface area contributed by atoms with E-state index < -0.39 is 18.2 Å². The number of esters is 1. The summed E-state index contributed by atoms with van der Waals surface area (Å²) in [5.41, 5.74) is 4.65. The van der Waals surface area contributed by atoms with Crippen LogP contribution in [0.1, 0.15) is 55.1 Å². The first kappa shape index (κ1) is 28.1. The Morgan fingerprint density at radius 1 is 1.05 bits per heavy atom. The molecule has 3 N–H and O–H groups in total. The van der Waals surface area contributed by atoms with E-state index in [-0.39, 0.29) is 29.8 Å². The number of carbonyl (C=O) groups is 2. The summed E-state index contributed by atoms with van der Waals surface area (Å²) >= 11 is 0. The number of ether oxygens (including phenoxy) is 1. The molecule has 1 amide bonds. The smallest absolute Gasteiger partial charge is 0.308 e. The van der Waals surface area contributed by atoms with Crippen LogP contribution in [-0.2, 0) is 16.1 Å². The van der Waals surface area contributed by atoms with Gasteiger partial charge < -0.3 is 24.8 Å². The molecule has 0 bridgehead atoms. The number of halogens is 1. The van der Waals surface area contributed by atoms with E-state index in [1.165, 1.54) is 24.3 Å². The number of aliphatic hydroxyl groups is 1. The van der Waals surface area contributed by atoms with Gasteiger partial charge in [-0.2, -0.15) is 0 Å². The van der Waals surface area contributed by atoms with E-state index >= 15 is 0 Å². The molecule has 2 heterocycles. The van der Waals surface area contributed by atoms with Gasteiger partial charge in [-0.25, -0.2) is 4.39 Å². The second kappa shape index (κ2) is 12.0. The van der Waals surface area contributed by atoms with Crippen molar-refractivity contribution in [3.8, 4) is 28.1 Å². The highest BCUT2D eigenvalue weighted by atomic mass is 19.1. The molecular weight excluding hydrogens is 523 g/mol. The fourth-order valence-electron chi connectivity index (χ4n) is 5.58. The molecule has 0 spiro atoms. The van der Waals surface area contributed by atoms with Crippen LogP contribution in [-0.4, -0.2) is 38.9 Å². The van der Waals surface area contributed by atoms with Crippen molar-refractivity contribution in [2.45, 2.75) is 57.8 Å². The normalized spacial score (nSPS) is 17.0. The molecule has 0 aliphatic carbocycles. The lowest BCUT2D eigenvalue weighted by Crippen LogP contribution is -2.33. The summed E-state index contributed by atoms with van der Waals surface area (Å²) in [7, 11) is 0. The Labute approximate surface area is 238 Å². The van der Waals surface area contributed by atoms with E-state index in [4.69, 9.17) is 4.74 Å². The molecule has 5 rings (SSSR count). The number of nitrogens with one attached hydrogen (secondary N) is 1. The fourth-order valence-corrected chi connectivity index (χ4v) is 5.58. The van der Waals surface area contributed by atoms with Crippen molar-refractivity contribution in [1.29, 1.82) is 0 Å². The van der Waals surface area contributed by atoms with Crippen molar-refractivity contribution in [3.05, 3.63) is 95.9 Å². The number of phenolic OH excluding ortho intramolecular Hbond substituents is 1. The third-order valence-corrected chi connectivity index (χ3v) is 7.27. The van der Waals surface area contributed by atoms with Gasteiger partial charge in [0, 0.05) is 42.4 Å². The Balaban J connectivity index is 1.71. The summed E-state index contributed by atoms with van der Waals surface area (Å²) in [6.45, 7) is 4.40. The van der Waals surface area contributed by atoms with Gasteiger partial charge in [-0.15, -0.1) is 0 Å². The number of hydrogen-bond acceptors (Lipinski definition) is 5. The minimum atomic E-state index is -0.754. The summed E-state index contributed by atoms with van der Waals surface area (Å²) in [6, 6.07) is 22.1. The zero-order valence-electron chi connectivity index (χ0n) is 23.0. The van der Waals surface area contributed by atoms with Crippen LogP contribution in [0.5, 0.6) is 5.75 Å². The number of cyclic esters (lactones) is 1. The van der Waals surface area contributed by atoms with Crippen molar-refractivity contribution >= 4 is 17.6 Å². The summed E-state index contributed by atoms with van der Waals surface area (Å²) in [4.78, 5) is 26.1. The first-order valence-corrected chi connectivity index (χ1v) is 13.8. The maximum atomic E-state index is 14.1. The second-order valence-corrected chi connectivity index (χ2v) is 10.7. The van der Waals surface area contributed by atoms with Crippen LogP contribution in [0, 0.1) is 5.82 Å². The van der Waals surface area contributed by atoms with Gasteiger partial charge in [0.05, 0.1) is 23.8 Å². The average molecular weight is 557 g/mol. The standard InChI is InChI=1S/C33H33FN2O5/c1-20(2)31-30(33(40)35-24-9-6-10-25(37)17-24)29(21-7-4-3-5-8-21)32(22-11-13-23(34)14-12-22)36(31)16-15-27-18-26(38)19-28(39)41-27/h3-14,17,20,26-27,37-38H,15-16,18-19H2,1-2H3,(H,35,40). The van der Waals surface area contributed by atoms with Gasteiger partial charge in [-0.3, -0.25) is 9.59 Å². The Bertz CT molecular complexity index is 1550. The number of rotatable bonds is 8. The topological polar surface area (TPSA) is 101 Å². The number of aromatic hydroxyl groups is 1. The van der Waals surface area contributed by atoms with Crippen molar-refractivity contribution in [3.63, 3.8) is 0 Å². The Kier molecular flexibility index (Phi) is 8.21. The minimum absolute atomic E-state index is 0.0182. The molecule has 1 fully saturated rings. The quantitative estimate of drug-likeness (QED) is 0.215. The predicted molar refractivity (Wildman–Crippen MR) is 155 cm³/mol. The van der Waals surface area contributed by atoms with E-state index in [1.807, 2.05) is 44.2 Å². The third kappa shape index (κ3) is 6.18. The van der Waals surface area contributed by atoms with Gasteiger partial charge in [0.2, 0.25) is 0 Å². The van der Waals surface area contributed by atoms with Crippen LogP contribution >= 0.6 is 0 Å². The molecule has 8 heteroatoms. The van der Waals surface area contributed by atoms with E-state index in [2.05, 4.69) is 9.88 Å². The highest BCUT2D eigenvalue weighted by Gasteiger charge is 2.32.